The van der Waals surface area contributed by atoms with E-state index in [1.54, 1.807) is 19.2 Å². The number of hydrogen-bond acceptors (Lipinski definition) is 5. The molecule has 5 heteroatoms. The van der Waals surface area contributed by atoms with Crippen molar-refractivity contribution in [2.75, 3.05) is 20.7 Å². The van der Waals surface area contributed by atoms with Gasteiger partial charge in [0, 0.05) is 6.54 Å². The molecule has 0 radical (unpaired) electrons. The molecule has 0 saturated carbocycles. The van der Waals surface area contributed by atoms with E-state index >= 15 is 0 Å². The Balaban J connectivity index is 2.03. The van der Waals surface area contributed by atoms with Gasteiger partial charge in [-0.3, -0.25) is 4.79 Å². The van der Waals surface area contributed by atoms with E-state index in [0.717, 1.165) is 30.7 Å². The van der Waals surface area contributed by atoms with Crippen molar-refractivity contribution in [3.63, 3.8) is 0 Å². The Morgan fingerprint density at radius 2 is 1.89 bits per heavy atom. The predicted octanol–water partition coefficient (Wildman–Crippen LogP) is 4.41. The molecule has 3 rings (SSSR count). The smallest absolute Gasteiger partial charge is 0.200 e. The zero-order valence-electron chi connectivity index (χ0n) is 16.0. The van der Waals surface area contributed by atoms with E-state index in [0.29, 0.717) is 28.6 Å². The van der Waals surface area contributed by atoms with Gasteiger partial charge in [0.1, 0.15) is 23.3 Å². The number of benzene rings is 2. The fourth-order valence-electron chi connectivity index (χ4n) is 3.15. The fourth-order valence-corrected chi connectivity index (χ4v) is 3.15. The van der Waals surface area contributed by atoms with Crippen molar-refractivity contribution in [3.8, 4) is 22.6 Å². The normalized spacial score (nSPS) is 11.3. The SMILES string of the molecule is CCCCN(C)Cc1c(O)ccc2c(=O)c(-c3ccc(OC)cc3)coc12. The van der Waals surface area contributed by atoms with Gasteiger partial charge in [0.05, 0.1) is 23.6 Å². The average molecular weight is 367 g/mol. The van der Waals surface area contributed by atoms with Gasteiger partial charge in [0.15, 0.2) is 0 Å². The topological polar surface area (TPSA) is 62.9 Å². The highest BCUT2D eigenvalue weighted by Gasteiger charge is 2.16. The van der Waals surface area contributed by atoms with Crippen molar-refractivity contribution in [2.45, 2.75) is 26.3 Å². The van der Waals surface area contributed by atoms with Crippen molar-refractivity contribution in [1.82, 2.24) is 4.90 Å². The maximum absolute atomic E-state index is 13.0. The molecule has 0 aliphatic carbocycles. The van der Waals surface area contributed by atoms with Gasteiger partial charge in [-0.15, -0.1) is 0 Å². The third-order valence-electron chi connectivity index (χ3n) is 4.74. The van der Waals surface area contributed by atoms with Gasteiger partial charge in [-0.1, -0.05) is 25.5 Å². The van der Waals surface area contributed by atoms with Crippen molar-refractivity contribution in [1.29, 1.82) is 0 Å². The summed E-state index contributed by atoms with van der Waals surface area (Å²) < 4.78 is 11.0. The summed E-state index contributed by atoms with van der Waals surface area (Å²) in [5, 5.41) is 10.8. The molecule has 0 bridgehead atoms. The maximum Gasteiger partial charge on any atom is 0.200 e. The average Bonchev–Trinajstić information content (AvgIpc) is 2.69. The lowest BCUT2D eigenvalue weighted by atomic mass is 10.0. The van der Waals surface area contributed by atoms with Crippen LogP contribution in [0.1, 0.15) is 25.3 Å². The monoisotopic (exact) mass is 367 g/mol. The molecule has 1 aromatic heterocycles. The molecule has 142 valence electrons. The van der Waals surface area contributed by atoms with Gasteiger partial charge >= 0.3 is 0 Å². The first kappa shape index (κ1) is 19.0. The van der Waals surface area contributed by atoms with Gasteiger partial charge < -0.3 is 19.2 Å². The lowest BCUT2D eigenvalue weighted by molar-refractivity contribution is 0.314. The van der Waals surface area contributed by atoms with Gasteiger partial charge in [0.2, 0.25) is 5.43 Å². The van der Waals surface area contributed by atoms with Crippen LogP contribution in [0.25, 0.3) is 22.1 Å². The van der Waals surface area contributed by atoms with Crippen molar-refractivity contribution in [3.05, 3.63) is 58.4 Å². The summed E-state index contributed by atoms with van der Waals surface area (Å²) in [7, 11) is 3.60. The minimum atomic E-state index is -0.112. The van der Waals surface area contributed by atoms with E-state index < -0.39 is 0 Å². The molecule has 0 unspecified atom stereocenters. The zero-order chi connectivity index (χ0) is 19.4. The summed E-state index contributed by atoms with van der Waals surface area (Å²) in [6.45, 7) is 3.58. The summed E-state index contributed by atoms with van der Waals surface area (Å²) >= 11 is 0. The van der Waals surface area contributed by atoms with E-state index in [1.165, 1.54) is 6.26 Å². The summed E-state index contributed by atoms with van der Waals surface area (Å²) in [4.78, 5) is 15.1. The molecule has 0 aliphatic rings. The van der Waals surface area contributed by atoms with Gasteiger partial charge in [0.25, 0.3) is 0 Å². The van der Waals surface area contributed by atoms with Crippen LogP contribution < -0.4 is 10.2 Å². The fraction of sp³-hybridized carbons (Fsp3) is 0.318. The molecule has 3 aromatic rings. The summed E-state index contributed by atoms with van der Waals surface area (Å²) in [6, 6.07) is 10.5. The Morgan fingerprint density at radius 3 is 2.56 bits per heavy atom. The third-order valence-corrected chi connectivity index (χ3v) is 4.74. The second kappa shape index (κ2) is 8.27. The molecule has 0 spiro atoms. The molecule has 0 amide bonds. The first-order valence-corrected chi connectivity index (χ1v) is 9.14. The second-order valence-electron chi connectivity index (χ2n) is 6.74. The first-order valence-electron chi connectivity index (χ1n) is 9.14. The van der Waals surface area contributed by atoms with Crippen LogP contribution in [0.15, 0.2) is 51.9 Å². The van der Waals surface area contributed by atoms with Crippen LogP contribution in [0, 0.1) is 0 Å². The van der Waals surface area contributed by atoms with Crippen LogP contribution in [0.5, 0.6) is 11.5 Å². The minimum absolute atomic E-state index is 0.112. The lowest BCUT2D eigenvalue weighted by Crippen LogP contribution is -2.19. The zero-order valence-corrected chi connectivity index (χ0v) is 16.0. The second-order valence-corrected chi connectivity index (χ2v) is 6.74. The Morgan fingerprint density at radius 1 is 1.15 bits per heavy atom. The molecule has 1 heterocycles. The number of rotatable bonds is 7. The summed E-state index contributed by atoms with van der Waals surface area (Å²) in [6.07, 6.45) is 3.65. The molecule has 2 aromatic carbocycles. The Hall–Kier alpha value is -2.79. The highest BCUT2D eigenvalue weighted by molar-refractivity contribution is 5.85. The van der Waals surface area contributed by atoms with Crippen LogP contribution in [0.2, 0.25) is 0 Å². The van der Waals surface area contributed by atoms with Crippen LogP contribution in [0.3, 0.4) is 0 Å². The van der Waals surface area contributed by atoms with Crippen LogP contribution in [0.4, 0.5) is 0 Å². The van der Waals surface area contributed by atoms with E-state index in [1.807, 2.05) is 31.3 Å². The molecule has 0 atom stereocenters. The van der Waals surface area contributed by atoms with Gasteiger partial charge in [-0.25, -0.2) is 0 Å². The Kier molecular flexibility index (Phi) is 5.81. The number of hydrogen-bond donors (Lipinski definition) is 1. The number of methoxy groups -OCH3 is 1. The molecule has 0 saturated heterocycles. The van der Waals surface area contributed by atoms with Crippen LogP contribution in [-0.2, 0) is 6.54 Å². The third kappa shape index (κ3) is 3.98. The van der Waals surface area contributed by atoms with E-state index in [4.69, 9.17) is 9.15 Å². The number of phenols is 1. The molecule has 27 heavy (non-hydrogen) atoms. The predicted molar refractivity (Wildman–Crippen MR) is 107 cm³/mol. The van der Waals surface area contributed by atoms with Crippen LogP contribution >= 0.6 is 0 Å². The molecular formula is C22H25NO4. The molecule has 1 N–H and O–H groups in total. The Bertz CT molecular complexity index is 976. The highest BCUT2D eigenvalue weighted by Crippen LogP contribution is 2.29. The molecular weight excluding hydrogens is 342 g/mol. The van der Waals surface area contributed by atoms with Crippen LogP contribution in [-0.4, -0.2) is 30.7 Å². The molecule has 5 nitrogen and oxygen atoms in total. The number of phenolic OH excluding ortho intramolecular Hbond substituents is 1. The molecule has 0 aliphatic heterocycles. The van der Waals surface area contributed by atoms with Crippen molar-refractivity contribution >= 4 is 11.0 Å². The van der Waals surface area contributed by atoms with E-state index in [-0.39, 0.29) is 11.2 Å². The number of unbranched alkanes of at least 4 members (excludes halogenated alkanes) is 1. The first-order chi connectivity index (χ1) is 13.0. The lowest BCUT2D eigenvalue weighted by Gasteiger charge is -2.18. The highest BCUT2D eigenvalue weighted by atomic mass is 16.5. The van der Waals surface area contributed by atoms with E-state index in [2.05, 4.69) is 11.8 Å². The van der Waals surface area contributed by atoms with E-state index in [9.17, 15) is 9.90 Å². The van der Waals surface area contributed by atoms with Gasteiger partial charge in [-0.2, -0.15) is 0 Å². The number of aromatic hydroxyl groups is 1. The van der Waals surface area contributed by atoms with Gasteiger partial charge in [-0.05, 0) is 49.8 Å². The standard InChI is InChI=1S/C22H25NO4/c1-4-5-12-23(2)13-18-20(24)11-10-17-21(25)19(14-27-22(17)18)15-6-8-16(26-3)9-7-15/h6-11,14,24H,4-5,12-13H2,1-3H3. The van der Waals surface area contributed by atoms with Crippen molar-refractivity contribution < 1.29 is 14.3 Å². The Labute approximate surface area is 158 Å². The number of nitrogens with zero attached hydrogens (tertiary/aromatic N) is 1. The summed E-state index contributed by atoms with van der Waals surface area (Å²) in [5.74, 6) is 0.873. The number of fused-ring (bicyclic) bond motifs is 1. The number of ether oxygens (including phenoxy) is 1. The maximum atomic E-state index is 13.0. The largest absolute Gasteiger partial charge is 0.507 e. The quantitative estimate of drug-likeness (QED) is 0.670. The minimum Gasteiger partial charge on any atom is -0.507 e. The molecule has 0 fully saturated rings. The van der Waals surface area contributed by atoms with Crippen molar-refractivity contribution in [2.24, 2.45) is 0 Å². The summed E-state index contributed by atoms with van der Waals surface area (Å²) in [5.41, 5.74) is 2.23.